The molecule has 0 saturated heterocycles. The van der Waals surface area contributed by atoms with Crippen LogP contribution in [0.15, 0.2) is 5.38 Å². The number of amides is 1. The van der Waals surface area contributed by atoms with Crippen LogP contribution >= 0.6 is 23.1 Å². The smallest absolute Gasteiger partial charge is 0.230 e. The van der Waals surface area contributed by atoms with Crippen LogP contribution in [0.1, 0.15) is 17.6 Å². The van der Waals surface area contributed by atoms with Crippen LogP contribution in [-0.4, -0.2) is 34.4 Å². The first-order chi connectivity index (χ1) is 7.58. The lowest BCUT2D eigenvalue weighted by Crippen LogP contribution is -2.31. The quantitative estimate of drug-likeness (QED) is 0.806. The number of hydrogen-bond acceptors (Lipinski definition) is 5. The molecule has 0 aliphatic heterocycles. The molecule has 16 heavy (non-hydrogen) atoms. The van der Waals surface area contributed by atoms with Crippen molar-refractivity contribution in [3.63, 3.8) is 0 Å². The van der Waals surface area contributed by atoms with Gasteiger partial charge in [-0.25, -0.2) is 4.98 Å². The summed E-state index contributed by atoms with van der Waals surface area (Å²) in [6, 6.07) is 0. The second-order valence-corrected chi connectivity index (χ2v) is 5.55. The average molecular weight is 260 g/mol. The summed E-state index contributed by atoms with van der Waals surface area (Å²) < 4.78 is 0. The van der Waals surface area contributed by atoms with Crippen LogP contribution in [0.25, 0.3) is 0 Å². The van der Waals surface area contributed by atoms with E-state index in [1.807, 2.05) is 12.3 Å². The topological polar surface area (TPSA) is 62.2 Å². The Morgan fingerprint density at radius 3 is 3.06 bits per heavy atom. The monoisotopic (exact) mass is 260 g/mol. The second kappa shape index (κ2) is 6.88. The molecule has 0 radical (unpaired) electrons. The summed E-state index contributed by atoms with van der Waals surface area (Å²) in [6.45, 7) is 3.93. The van der Waals surface area contributed by atoms with E-state index in [1.165, 1.54) is 11.8 Å². The number of hydrogen-bond donors (Lipinski definition) is 2. The van der Waals surface area contributed by atoms with Gasteiger partial charge in [0.05, 0.1) is 22.6 Å². The van der Waals surface area contributed by atoms with Crippen LogP contribution in [0.4, 0.5) is 0 Å². The van der Waals surface area contributed by atoms with Gasteiger partial charge in [-0.1, -0.05) is 0 Å². The van der Waals surface area contributed by atoms with Gasteiger partial charge >= 0.3 is 0 Å². The van der Waals surface area contributed by atoms with E-state index in [9.17, 15) is 4.79 Å². The van der Waals surface area contributed by atoms with Crippen LogP contribution in [0.5, 0.6) is 0 Å². The van der Waals surface area contributed by atoms with Crippen molar-refractivity contribution in [1.29, 1.82) is 0 Å². The minimum atomic E-state index is -0.491. The highest BCUT2D eigenvalue weighted by Gasteiger charge is 2.04. The highest BCUT2D eigenvalue weighted by molar-refractivity contribution is 7.99. The molecule has 1 amide bonds. The summed E-state index contributed by atoms with van der Waals surface area (Å²) in [4.78, 5) is 15.6. The lowest BCUT2D eigenvalue weighted by Gasteiger charge is -2.06. The molecule has 4 nitrogen and oxygen atoms in total. The van der Waals surface area contributed by atoms with E-state index in [-0.39, 0.29) is 5.91 Å². The van der Waals surface area contributed by atoms with Gasteiger partial charge < -0.3 is 10.4 Å². The molecule has 0 aliphatic rings. The number of carbonyl (C=O) groups excluding carboxylic acids is 1. The van der Waals surface area contributed by atoms with Crippen molar-refractivity contribution < 1.29 is 9.90 Å². The largest absolute Gasteiger partial charge is 0.392 e. The lowest BCUT2D eigenvalue weighted by atomic mass is 10.4. The van der Waals surface area contributed by atoms with Gasteiger partial charge in [0.15, 0.2) is 0 Å². The van der Waals surface area contributed by atoms with Gasteiger partial charge in [0.1, 0.15) is 0 Å². The molecule has 1 rings (SSSR count). The summed E-state index contributed by atoms with van der Waals surface area (Å²) in [5.41, 5.74) is 1.02. The number of carbonyl (C=O) groups is 1. The lowest BCUT2D eigenvalue weighted by molar-refractivity contribution is -0.118. The van der Waals surface area contributed by atoms with Crippen molar-refractivity contribution in [2.45, 2.75) is 25.7 Å². The predicted molar refractivity (Wildman–Crippen MR) is 67.7 cm³/mol. The zero-order valence-corrected chi connectivity index (χ0v) is 11.0. The zero-order valence-electron chi connectivity index (χ0n) is 9.40. The van der Waals surface area contributed by atoms with Crippen molar-refractivity contribution in [3.8, 4) is 0 Å². The molecule has 0 spiro atoms. The number of rotatable bonds is 6. The molecule has 1 heterocycles. The van der Waals surface area contributed by atoms with Gasteiger partial charge in [0.2, 0.25) is 5.91 Å². The molecule has 0 aromatic carbocycles. The maximum atomic E-state index is 11.3. The Morgan fingerprint density at radius 1 is 1.75 bits per heavy atom. The number of aliphatic hydroxyl groups excluding tert-OH is 1. The number of aromatic nitrogens is 1. The normalized spacial score (nSPS) is 12.4. The van der Waals surface area contributed by atoms with Crippen LogP contribution in [-0.2, 0) is 10.5 Å². The van der Waals surface area contributed by atoms with E-state index in [0.29, 0.717) is 12.3 Å². The number of nitrogens with one attached hydrogen (secondary N) is 1. The molecule has 2 N–H and O–H groups in total. The van der Waals surface area contributed by atoms with Gasteiger partial charge in [-0.15, -0.1) is 23.1 Å². The van der Waals surface area contributed by atoms with Gasteiger partial charge in [-0.05, 0) is 13.8 Å². The van der Waals surface area contributed by atoms with Crippen molar-refractivity contribution >= 4 is 29.0 Å². The molecular formula is C10H16N2O2S2. The number of thioether (sulfide) groups is 1. The first kappa shape index (κ1) is 13.5. The van der Waals surface area contributed by atoms with Gasteiger partial charge in [-0.3, -0.25) is 4.79 Å². The Balaban J connectivity index is 2.13. The Hall–Kier alpha value is -0.590. The number of nitrogens with zero attached hydrogens (tertiary/aromatic N) is 1. The highest BCUT2D eigenvalue weighted by Crippen LogP contribution is 2.14. The molecule has 1 atom stereocenters. The Morgan fingerprint density at radius 2 is 2.50 bits per heavy atom. The first-order valence-electron chi connectivity index (χ1n) is 5.01. The maximum absolute atomic E-state index is 11.3. The first-order valence-corrected chi connectivity index (χ1v) is 7.05. The summed E-state index contributed by atoms with van der Waals surface area (Å²) in [5.74, 6) is 1.12. The minimum absolute atomic E-state index is 0.0437. The van der Waals surface area contributed by atoms with Crippen molar-refractivity contribution in [2.75, 3.05) is 12.3 Å². The Kier molecular flexibility index (Phi) is 5.79. The average Bonchev–Trinajstić information content (AvgIpc) is 2.61. The van der Waals surface area contributed by atoms with Gasteiger partial charge in [-0.2, -0.15) is 0 Å². The van der Waals surface area contributed by atoms with Crippen molar-refractivity contribution in [2.24, 2.45) is 0 Å². The third kappa shape index (κ3) is 5.48. The van der Waals surface area contributed by atoms with Crippen LogP contribution in [0.3, 0.4) is 0 Å². The van der Waals surface area contributed by atoms with Crippen LogP contribution in [0, 0.1) is 6.92 Å². The SMILES string of the molecule is Cc1nc(CSCC(=O)NCC(C)O)cs1. The van der Waals surface area contributed by atoms with E-state index in [4.69, 9.17) is 5.11 Å². The van der Waals surface area contributed by atoms with E-state index < -0.39 is 6.10 Å². The summed E-state index contributed by atoms with van der Waals surface area (Å²) in [7, 11) is 0. The summed E-state index contributed by atoms with van der Waals surface area (Å²) >= 11 is 3.15. The molecule has 0 bridgehead atoms. The molecular weight excluding hydrogens is 244 g/mol. The molecule has 0 saturated carbocycles. The van der Waals surface area contributed by atoms with Crippen molar-refractivity contribution in [3.05, 3.63) is 16.1 Å². The highest BCUT2D eigenvalue weighted by atomic mass is 32.2. The van der Waals surface area contributed by atoms with Crippen molar-refractivity contribution in [1.82, 2.24) is 10.3 Å². The molecule has 6 heteroatoms. The maximum Gasteiger partial charge on any atom is 0.230 e. The molecule has 90 valence electrons. The zero-order chi connectivity index (χ0) is 12.0. The van der Waals surface area contributed by atoms with Crippen LogP contribution < -0.4 is 5.32 Å². The molecule has 1 unspecified atom stereocenters. The fourth-order valence-electron chi connectivity index (χ4n) is 1.04. The second-order valence-electron chi connectivity index (χ2n) is 3.50. The Labute approximate surface area is 103 Å². The summed E-state index contributed by atoms with van der Waals surface area (Å²) in [6.07, 6.45) is -0.491. The third-order valence-electron chi connectivity index (χ3n) is 1.74. The number of aliphatic hydroxyl groups is 1. The number of aryl methyl sites for hydroxylation is 1. The van der Waals surface area contributed by atoms with Gasteiger partial charge in [0.25, 0.3) is 0 Å². The molecule has 1 aromatic rings. The van der Waals surface area contributed by atoms with Gasteiger partial charge in [0, 0.05) is 17.7 Å². The molecule has 1 aromatic heterocycles. The van der Waals surface area contributed by atoms with E-state index >= 15 is 0 Å². The van der Waals surface area contributed by atoms with E-state index in [2.05, 4.69) is 10.3 Å². The standard InChI is InChI=1S/C10H16N2O2S2/c1-7(13)3-11-10(14)6-15-4-9-5-16-8(2)12-9/h5,7,13H,3-4,6H2,1-2H3,(H,11,14). The van der Waals surface area contributed by atoms with Crippen LogP contribution in [0.2, 0.25) is 0 Å². The molecule has 0 aliphatic carbocycles. The Bertz CT molecular complexity index is 339. The predicted octanol–water partition coefficient (Wildman–Crippen LogP) is 1.18. The van der Waals surface area contributed by atoms with E-state index in [1.54, 1.807) is 18.3 Å². The fraction of sp³-hybridized carbons (Fsp3) is 0.600. The fourth-order valence-corrected chi connectivity index (χ4v) is 2.50. The minimum Gasteiger partial charge on any atom is -0.392 e. The number of thiazole rings is 1. The van der Waals surface area contributed by atoms with E-state index in [0.717, 1.165) is 16.5 Å². The third-order valence-corrected chi connectivity index (χ3v) is 3.53. The molecule has 0 fully saturated rings. The summed E-state index contributed by atoms with van der Waals surface area (Å²) in [5, 5.41) is 14.7.